The van der Waals surface area contributed by atoms with Gasteiger partial charge >= 0.3 is 0 Å². The average Bonchev–Trinajstić information content (AvgIpc) is 2.37. The zero-order valence-electron chi connectivity index (χ0n) is 12.2. The lowest BCUT2D eigenvalue weighted by molar-refractivity contribution is 0.116. The fourth-order valence-electron chi connectivity index (χ4n) is 2.63. The minimum absolute atomic E-state index is 0.651. The molecule has 0 aromatic heterocycles. The smallest absolute Gasteiger partial charge is 0.0217 e. The summed E-state index contributed by atoms with van der Waals surface area (Å²) in [5.74, 6) is 0.772. The molecule has 17 heavy (non-hydrogen) atoms. The first kappa shape index (κ1) is 14.9. The number of nitrogens with one attached hydrogen (secondary N) is 1. The van der Waals surface area contributed by atoms with E-state index in [4.69, 9.17) is 0 Å². The number of piperazine rings is 1. The summed E-state index contributed by atoms with van der Waals surface area (Å²) >= 11 is 0. The summed E-state index contributed by atoms with van der Waals surface area (Å²) in [5, 5.41) is 3.48. The van der Waals surface area contributed by atoms with Gasteiger partial charge < -0.3 is 10.2 Å². The number of hydrogen-bond donors (Lipinski definition) is 1. The zero-order valence-corrected chi connectivity index (χ0v) is 12.2. The molecule has 0 aliphatic carbocycles. The molecule has 1 heterocycles. The van der Waals surface area contributed by atoms with Crippen LogP contribution in [0.5, 0.6) is 0 Å². The normalized spacial score (nSPS) is 22.6. The van der Waals surface area contributed by atoms with Crippen LogP contribution in [0.15, 0.2) is 0 Å². The standard InChI is InChI=1S/C14H31N3/c1-5-7-16-8-10-17(11-9-16)12-14(15-4)13(3)6-2/h13-15H,5-12H2,1-4H3. The minimum atomic E-state index is 0.651. The second kappa shape index (κ2) is 8.06. The molecule has 0 amide bonds. The molecule has 0 saturated carbocycles. The predicted octanol–water partition coefficient (Wildman–Crippen LogP) is 1.65. The van der Waals surface area contributed by atoms with Gasteiger partial charge in [-0.25, -0.2) is 0 Å². The highest BCUT2D eigenvalue weighted by Gasteiger charge is 2.21. The van der Waals surface area contributed by atoms with Crippen LogP contribution >= 0.6 is 0 Å². The lowest BCUT2D eigenvalue weighted by Gasteiger charge is -2.37. The largest absolute Gasteiger partial charge is 0.315 e. The lowest BCUT2D eigenvalue weighted by atomic mass is 9.98. The Morgan fingerprint density at radius 1 is 1.06 bits per heavy atom. The molecule has 0 radical (unpaired) electrons. The van der Waals surface area contributed by atoms with Gasteiger partial charge in [0, 0.05) is 38.8 Å². The van der Waals surface area contributed by atoms with Gasteiger partial charge in [-0.15, -0.1) is 0 Å². The molecule has 1 saturated heterocycles. The minimum Gasteiger partial charge on any atom is -0.315 e. The Hall–Kier alpha value is -0.120. The average molecular weight is 241 g/mol. The van der Waals surface area contributed by atoms with E-state index in [0.29, 0.717) is 6.04 Å². The fraction of sp³-hybridized carbons (Fsp3) is 1.00. The molecule has 102 valence electrons. The van der Waals surface area contributed by atoms with E-state index in [1.807, 2.05) is 0 Å². The molecule has 1 aliphatic rings. The van der Waals surface area contributed by atoms with Gasteiger partial charge in [-0.1, -0.05) is 27.2 Å². The summed E-state index contributed by atoms with van der Waals surface area (Å²) in [6.45, 7) is 14.4. The molecular formula is C14H31N3. The van der Waals surface area contributed by atoms with Gasteiger partial charge in [-0.2, -0.15) is 0 Å². The number of rotatable bonds is 7. The lowest BCUT2D eigenvalue weighted by Crippen LogP contribution is -2.51. The molecule has 1 rings (SSSR count). The molecule has 3 nitrogen and oxygen atoms in total. The van der Waals surface area contributed by atoms with Crippen LogP contribution in [-0.4, -0.2) is 62.2 Å². The van der Waals surface area contributed by atoms with Gasteiger partial charge in [0.1, 0.15) is 0 Å². The van der Waals surface area contributed by atoms with Crippen molar-refractivity contribution in [3.63, 3.8) is 0 Å². The maximum Gasteiger partial charge on any atom is 0.0217 e. The van der Waals surface area contributed by atoms with Crippen molar-refractivity contribution in [2.75, 3.05) is 46.3 Å². The Bertz CT molecular complexity index is 188. The van der Waals surface area contributed by atoms with Crippen LogP contribution in [0, 0.1) is 5.92 Å². The van der Waals surface area contributed by atoms with Crippen LogP contribution < -0.4 is 5.32 Å². The monoisotopic (exact) mass is 241 g/mol. The first-order valence-electron chi connectivity index (χ1n) is 7.33. The third-order valence-electron chi connectivity index (χ3n) is 4.16. The van der Waals surface area contributed by atoms with Gasteiger partial charge in [0.2, 0.25) is 0 Å². The molecule has 1 N–H and O–H groups in total. The second-order valence-corrected chi connectivity index (χ2v) is 5.42. The van der Waals surface area contributed by atoms with Crippen molar-refractivity contribution < 1.29 is 0 Å². The maximum atomic E-state index is 3.48. The summed E-state index contributed by atoms with van der Waals surface area (Å²) in [6.07, 6.45) is 2.55. The molecule has 0 aromatic carbocycles. The Kier molecular flexibility index (Phi) is 7.09. The van der Waals surface area contributed by atoms with E-state index in [1.165, 1.54) is 52.1 Å². The van der Waals surface area contributed by atoms with E-state index >= 15 is 0 Å². The molecule has 1 aliphatic heterocycles. The topological polar surface area (TPSA) is 18.5 Å². The molecule has 0 bridgehead atoms. The van der Waals surface area contributed by atoms with Crippen molar-refractivity contribution in [2.45, 2.75) is 39.7 Å². The highest BCUT2D eigenvalue weighted by molar-refractivity contribution is 4.79. The van der Waals surface area contributed by atoms with Gasteiger partial charge in [-0.3, -0.25) is 4.90 Å². The Morgan fingerprint density at radius 3 is 2.12 bits per heavy atom. The SMILES string of the molecule is CCCN1CCN(CC(NC)C(C)CC)CC1. The van der Waals surface area contributed by atoms with Crippen molar-refractivity contribution in [3.05, 3.63) is 0 Å². The van der Waals surface area contributed by atoms with Gasteiger partial charge in [0.05, 0.1) is 0 Å². The molecule has 0 spiro atoms. The van der Waals surface area contributed by atoms with E-state index < -0.39 is 0 Å². The predicted molar refractivity (Wildman–Crippen MR) is 75.5 cm³/mol. The molecule has 0 aromatic rings. The highest BCUT2D eigenvalue weighted by atomic mass is 15.3. The summed E-state index contributed by atoms with van der Waals surface area (Å²) in [5.41, 5.74) is 0. The Morgan fingerprint density at radius 2 is 1.65 bits per heavy atom. The van der Waals surface area contributed by atoms with Crippen LogP contribution in [0.1, 0.15) is 33.6 Å². The Balaban J connectivity index is 2.28. The van der Waals surface area contributed by atoms with Crippen LogP contribution in [0.25, 0.3) is 0 Å². The summed E-state index contributed by atoms with van der Waals surface area (Å²) < 4.78 is 0. The maximum absolute atomic E-state index is 3.48. The van der Waals surface area contributed by atoms with Crippen molar-refractivity contribution in [1.82, 2.24) is 15.1 Å². The van der Waals surface area contributed by atoms with Crippen molar-refractivity contribution in [2.24, 2.45) is 5.92 Å². The van der Waals surface area contributed by atoms with Crippen LogP contribution in [0.3, 0.4) is 0 Å². The summed E-state index contributed by atoms with van der Waals surface area (Å²) in [6, 6.07) is 0.651. The molecular weight excluding hydrogens is 210 g/mol. The van der Waals surface area contributed by atoms with E-state index in [0.717, 1.165) is 5.92 Å². The van der Waals surface area contributed by atoms with Gasteiger partial charge in [0.25, 0.3) is 0 Å². The van der Waals surface area contributed by atoms with Gasteiger partial charge in [-0.05, 0) is 25.9 Å². The van der Waals surface area contributed by atoms with Crippen LogP contribution in [0.2, 0.25) is 0 Å². The van der Waals surface area contributed by atoms with Crippen molar-refractivity contribution in [1.29, 1.82) is 0 Å². The Labute approximate surface area is 108 Å². The van der Waals surface area contributed by atoms with Crippen molar-refractivity contribution in [3.8, 4) is 0 Å². The van der Waals surface area contributed by atoms with Crippen molar-refractivity contribution >= 4 is 0 Å². The summed E-state index contributed by atoms with van der Waals surface area (Å²) in [4.78, 5) is 5.22. The van der Waals surface area contributed by atoms with Crippen LogP contribution in [0.4, 0.5) is 0 Å². The highest BCUT2D eigenvalue weighted by Crippen LogP contribution is 2.11. The number of nitrogens with zero attached hydrogens (tertiary/aromatic N) is 2. The second-order valence-electron chi connectivity index (χ2n) is 5.42. The van der Waals surface area contributed by atoms with E-state index in [2.05, 4.69) is 42.9 Å². The van der Waals surface area contributed by atoms with Gasteiger partial charge in [0.15, 0.2) is 0 Å². The quantitative estimate of drug-likeness (QED) is 0.731. The van der Waals surface area contributed by atoms with E-state index in [1.54, 1.807) is 0 Å². The molecule has 2 atom stereocenters. The van der Waals surface area contributed by atoms with E-state index in [-0.39, 0.29) is 0 Å². The first-order valence-corrected chi connectivity index (χ1v) is 7.33. The molecule has 3 heteroatoms. The van der Waals surface area contributed by atoms with E-state index in [9.17, 15) is 0 Å². The third kappa shape index (κ3) is 4.94. The summed E-state index contributed by atoms with van der Waals surface area (Å²) in [7, 11) is 2.10. The third-order valence-corrected chi connectivity index (χ3v) is 4.16. The number of hydrogen-bond acceptors (Lipinski definition) is 3. The first-order chi connectivity index (χ1) is 8.21. The zero-order chi connectivity index (χ0) is 12.7. The fourth-order valence-corrected chi connectivity index (χ4v) is 2.63. The molecule has 2 unspecified atom stereocenters. The molecule has 1 fully saturated rings. The number of likely N-dealkylation sites (N-methyl/N-ethyl adjacent to an activating group) is 1. The van der Waals surface area contributed by atoms with Crippen LogP contribution in [-0.2, 0) is 0 Å².